The van der Waals surface area contributed by atoms with E-state index < -0.39 is 5.54 Å². The number of hydrogen-bond donors (Lipinski definition) is 1. The molecule has 1 N–H and O–H groups in total. The van der Waals surface area contributed by atoms with E-state index in [2.05, 4.69) is 29.3 Å². The molecule has 4 rings (SSSR count). The van der Waals surface area contributed by atoms with Crippen LogP contribution in [0.15, 0.2) is 48.5 Å². The second-order valence-corrected chi connectivity index (χ2v) is 7.57. The maximum Gasteiger partial charge on any atom is 0.250 e. The van der Waals surface area contributed by atoms with Crippen molar-refractivity contribution in [3.63, 3.8) is 0 Å². The minimum atomic E-state index is -0.937. The Balaban J connectivity index is 1.69. The molecule has 0 radical (unpaired) electrons. The normalized spacial score (nSPS) is 20.4. The van der Waals surface area contributed by atoms with Crippen molar-refractivity contribution in [2.75, 3.05) is 21.7 Å². The Morgan fingerprint density at radius 3 is 2.54 bits per heavy atom. The Hall–Kier alpha value is -2.82. The highest BCUT2D eigenvalue weighted by Gasteiger charge is 2.44. The standard InChI is InChI=1S/C21H23N3O2/c1-14-12-15-8-4-6-10-17(15)23(14)13-19(25)24-18-11-7-5-9-16(18)22-20(26)21(24,2)3/h4-11,14H,12-13H2,1-3H3,(H,22,26)/t14-/m0/s1. The first kappa shape index (κ1) is 16.6. The summed E-state index contributed by atoms with van der Waals surface area (Å²) in [4.78, 5) is 29.7. The first-order valence-corrected chi connectivity index (χ1v) is 8.97. The van der Waals surface area contributed by atoms with Crippen LogP contribution in [-0.2, 0) is 16.0 Å². The van der Waals surface area contributed by atoms with Crippen molar-refractivity contribution in [1.29, 1.82) is 0 Å². The van der Waals surface area contributed by atoms with Crippen LogP contribution in [0.2, 0.25) is 0 Å². The molecule has 2 heterocycles. The Bertz CT molecular complexity index is 890. The summed E-state index contributed by atoms with van der Waals surface area (Å²) in [5.74, 6) is -0.236. The lowest BCUT2D eigenvalue weighted by Crippen LogP contribution is -2.60. The number of carbonyl (C=O) groups excluding carboxylic acids is 2. The van der Waals surface area contributed by atoms with E-state index in [1.54, 1.807) is 18.7 Å². The number of para-hydroxylation sites is 3. The van der Waals surface area contributed by atoms with Crippen LogP contribution in [0.1, 0.15) is 26.3 Å². The average Bonchev–Trinajstić information content (AvgIpc) is 2.91. The van der Waals surface area contributed by atoms with E-state index in [1.165, 1.54) is 5.56 Å². The fraction of sp³-hybridized carbons (Fsp3) is 0.333. The molecule has 1 atom stereocenters. The molecular weight excluding hydrogens is 326 g/mol. The number of nitrogens with one attached hydrogen (secondary N) is 1. The molecule has 2 amide bonds. The lowest BCUT2D eigenvalue weighted by molar-refractivity contribution is -0.125. The van der Waals surface area contributed by atoms with E-state index in [4.69, 9.17) is 0 Å². The largest absolute Gasteiger partial charge is 0.359 e. The summed E-state index contributed by atoms with van der Waals surface area (Å²) in [5, 5.41) is 2.91. The van der Waals surface area contributed by atoms with Gasteiger partial charge >= 0.3 is 0 Å². The molecule has 0 aromatic heterocycles. The number of anilines is 3. The number of fused-ring (bicyclic) bond motifs is 2. The van der Waals surface area contributed by atoms with Gasteiger partial charge in [-0.3, -0.25) is 14.5 Å². The fourth-order valence-corrected chi connectivity index (χ4v) is 3.99. The van der Waals surface area contributed by atoms with E-state index in [-0.39, 0.29) is 24.4 Å². The van der Waals surface area contributed by atoms with Crippen molar-refractivity contribution < 1.29 is 9.59 Å². The van der Waals surface area contributed by atoms with Crippen molar-refractivity contribution in [2.24, 2.45) is 0 Å². The maximum atomic E-state index is 13.3. The van der Waals surface area contributed by atoms with E-state index in [9.17, 15) is 9.59 Å². The molecule has 2 aliphatic rings. The van der Waals surface area contributed by atoms with Gasteiger partial charge in [0.15, 0.2) is 0 Å². The van der Waals surface area contributed by atoms with Crippen molar-refractivity contribution >= 4 is 28.9 Å². The minimum Gasteiger partial charge on any atom is -0.359 e. The molecule has 0 saturated heterocycles. The van der Waals surface area contributed by atoms with Crippen molar-refractivity contribution in [3.05, 3.63) is 54.1 Å². The zero-order valence-electron chi connectivity index (χ0n) is 15.3. The molecule has 0 spiro atoms. The van der Waals surface area contributed by atoms with Gasteiger partial charge in [-0.25, -0.2) is 0 Å². The molecule has 5 heteroatoms. The van der Waals surface area contributed by atoms with Crippen LogP contribution in [-0.4, -0.2) is 29.9 Å². The molecule has 2 aliphatic heterocycles. The minimum absolute atomic E-state index is 0.0687. The lowest BCUT2D eigenvalue weighted by atomic mass is 9.96. The van der Waals surface area contributed by atoms with Gasteiger partial charge in [0.05, 0.1) is 17.9 Å². The van der Waals surface area contributed by atoms with Crippen LogP contribution < -0.4 is 15.1 Å². The Labute approximate surface area is 153 Å². The zero-order chi connectivity index (χ0) is 18.5. The molecule has 0 bridgehead atoms. The molecule has 0 aliphatic carbocycles. The number of benzene rings is 2. The van der Waals surface area contributed by atoms with Gasteiger partial charge in [-0.1, -0.05) is 30.3 Å². The summed E-state index contributed by atoms with van der Waals surface area (Å²) in [5.41, 5.74) is 2.88. The van der Waals surface area contributed by atoms with Crippen molar-refractivity contribution in [1.82, 2.24) is 0 Å². The fourth-order valence-electron chi connectivity index (χ4n) is 3.99. The monoisotopic (exact) mass is 349 g/mol. The summed E-state index contributed by atoms with van der Waals surface area (Å²) < 4.78 is 0. The first-order valence-electron chi connectivity index (χ1n) is 8.97. The quantitative estimate of drug-likeness (QED) is 0.906. The number of hydrogen-bond acceptors (Lipinski definition) is 3. The summed E-state index contributed by atoms with van der Waals surface area (Å²) in [6.45, 7) is 5.97. The van der Waals surface area contributed by atoms with E-state index >= 15 is 0 Å². The first-order chi connectivity index (χ1) is 12.4. The third kappa shape index (κ3) is 2.46. The highest BCUT2D eigenvalue weighted by molar-refractivity contribution is 6.14. The van der Waals surface area contributed by atoms with E-state index in [0.717, 1.165) is 17.8 Å². The smallest absolute Gasteiger partial charge is 0.250 e. The van der Waals surface area contributed by atoms with Crippen LogP contribution in [0.3, 0.4) is 0 Å². The molecule has 0 fully saturated rings. The molecule has 0 saturated carbocycles. The molecule has 134 valence electrons. The highest BCUT2D eigenvalue weighted by Crippen LogP contribution is 2.38. The van der Waals surface area contributed by atoms with Gasteiger partial charge in [-0.2, -0.15) is 0 Å². The third-order valence-corrected chi connectivity index (χ3v) is 5.41. The lowest BCUT2D eigenvalue weighted by Gasteiger charge is -2.43. The van der Waals surface area contributed by atoms with E-state index in [1.807, 2.05) is 36.4 Å². The summed E-state index contributed by atoms with van der Waals surface area (Å²) >= 11 is 0. The van der Waals surface area contributed by atoms with Gasteiger partial charge in [0.1, 0.15) is 5.54 Å². The number of amides is 2. The molecule has 5 nitrogen and oxygen atoms in total. The maximum absolute atomic E-state index is 13.3. The van der Waals surface area contributed by atoms with Gasteiger partial charge < -0.3 is 10.2 Å². The number of carbonyl (C=O) groups is 2. The molecule has 2 aromatic rings. The van der Waals surface area contributed by atoms with Gasteiger partial charge in [0.2, 0.25) is 11.8 Å². The molecule has 26 heavy (non-hydrogen) atoms. The Morgan fingerprint density at radius 2 is 1.77 bits per heavy atom. The predicted molar refractivity (Wildman–Crippen MR) is 104 cm³/mol. The molecule has 0 unspecified atom stereocenters. The molecular formula is C21H23N3O2. The van der Waals surface area contributed by atoms with Crippen LogP contribution >= 0.6 is 0 Å². The van der Waals surface area contributed by atoms with Gasteiger partial charge in [-0.15, -0.1) is 0 Å². The van der Waals surface area contributed by atoms with E-state index in [0.29, 0.717) is 5.69 Å². The molecule has 2 aromatic carbocycles. The Morgan fingerprint density at radius 1 is 1.12 bits per heavy atom. The highest BCUT2D eigenvalue weighted by atomic mass is 16.2. The summed E-state index contributed by atoms with van der Waals surface area (Å²) in [6, 6.07) is 15.9. The zero-order valence-corrected chi connectivity index (χ0v) is 15.3. The third-order valence-electron chi connectivity index (χ3n) is 5.41. The second kappa shape index (κ2) is 5.87. The van der Waals surface area contributed by atoms with Gasteiger partial charge in [0.25, 0.3) is 0 Å². The van der Waals surface area contributed by atoms with Gasteiger partial charge in [-0.05, 0) is 51.0 Å². The van der Waals surface area contributed by atoms with Crippen molar-refractivity contribution in [3.8, 4) is 0 Å². The van der Waals surface area contributed by atoms with Crippen LogP contribution in [0.5, 0.6) is 0 Å². The topological polar surface area (TPSA) is 52.7 Å². The number of rotatable bonds is 2. The number of nitrogens with zero attached hydrogens (tertiary/aromatic N) is 2. The summed E-state index contributed by atoms with van der Waals surface area (Å²) in [7, 11) is 0. The van der Waals surface area contributed by atoms with Gasteiger partial charge in [0, 0.05) is 11.7 Å². The Kier molecular flexibility index (Phi) is 3.75. The van der Waals surface area contributed by atoms with Crippen LogP contribution in [0.4, 0.5) is 17.1 Å². The van der Waals surface area contributed by atoms with Crippen molar-refractivity contribution in [2.45, 2.75) is 38.8 Å². The summed E-state index contributed by atoms with van der Waals surface area (Å²) in [6.07, 6.45) is 0.934. The van der Waals surface area contributed by atoms with Crippen LogP contribution in [0, 0.1) is 0 Å². The predicted octanol–water partition coefficient (Wildman–Crippen LogP) is 3.20. The average molecular weight is 349 g/mol. The SMILES string of the molecule is C[C@H]1Cc2ccccc2N1CC(=O)N1c2ccccc2NC(=O)C1(C)C. The van der Waals surface area contributed by atoms with Crippen LogP contribution in [0.25, 0.3) is 0 Å². The second-order valence-electron chi connectivity index (χ2n) is 7.57.